The van der Waals surface area contributed by atoms with Crippen molar-refractivity contribution >= 4 is 23.8 Å². The third-order valence-electron chi connectivity index (χ3n) is 7.99. The molecular weight excluding hydrogens is 552 g/mol. The monoisotopic (exact) mass is 580 g/mol. The summed E-state index contributed by atoms with van der Waals surface area (Å²) in [6.45, 7) is 1.09. The van der Waals surface area contributed by atoms with E-state index < -0.39 is 47.5 Å². The average Bonchev–Trinajstić information content (AvgIpc) is 3.66. The van der Waals surface area contributed by atoms with Gasteiger partial charge < -0.3 is 38.8 Å². The number of aromatic hydroxyl groups is 1. The Morgan fingerprint density at radius 2 is 1.69 bits per heavy atom. The fourth-order valence-corrected chi connectivity index (χ4v) is 6.11. The lowest BCUT2D eigenvalue weighted by molar-refractivity contribution is -0.145. The topological polar surface area (TPSA) is 159 Å². The molecule has 42 heavy (non-hydrogen) atoms. The van der Waals surface area contributed by atoms with Crippen LogP contribution in [0.15, 0.2) is 36.0 Å². The van der Waals surface area contributed by atoms with Crippen molar-refractivity contribution in [2.45, 2.75) is 18.9 Å². The summed E-state index contributed by atoms with van der Waals surface area (Å²) in [5, 5.41) is 13.8. The van der Waals surface area contributed by atoms with Gasteiger partial charge in [0.25, 0.3) is 11.8 Å². The molecule has 4 aliphatic rings. The van der Waals surface area contributed by atoms with Crippen LogP contribution in [0.25, 0.3) is 0 Å². The summed E-state index contributed by atoms with van der Waals surface area (Å²) in [5.41, 5.74) is 2.10. The number of hydrogen-bond acceptors (Lipinski definition) is 12. The number of phenolic OH excluding ortho intramolecular Hbond substituents is 1. The summed E-state index contributed by atoms with van der Waals surface area (Å²) in [4.78, 5) is 51.3. The summed E-state index contributed by atoms with van der Waals surface area (Å²) in [6.07, 6.45) is 1.19. The zero-order valence-electron chi connectivity index (χ0n) is 23.0. The number of rotatable bonds is 8. The highest BCUT2D eigenvalue weighted by Gasteiger charge is 2.53. The zero-order chi connectivity index (χ0) is 29.7. The quantitative estimate of drug-likeness (QED) is 0.343. The average molecular weight is 581 g/mol. The minimum Gasteiger partial charge on any atom is -0.502 e. The molecule has 0 bridgehead atoms. The largest absolute Gasteiger partial charge is 0.502 e. The van der Waals surface area contributed by atoms with Gasteiger partial charge in [0.05, 0.1) is 39.3 Å². The summed E-state index contributed by atoms with van der Waals surface area (Å²) in [5.74, 6) is -2.66. The molecule has 3 aliphatic heterocycles. The maximum absolute atomic E-state index is 13.3. The maximum atomic E-state index is 13.3. The van der Waals surface area contributed by atoms with Crippen molar-refractivity contribution in [1.82, 2.24) is 10.2 Å². The molecule has 2 aromatic rings. The lowest BCUT2D eigenvalue weighted by Gasteiger charge is -2.40. The van der Waals surface area contributed by atoms with Crippen LogP contribution < -0.4 is 24.3 Å². The van der Waals surface area contributed by atoms with E-state index in [0.29, 0.717) is 28.2 Å². The first kappa shape index (κ1) is 27.2. The molecule has 1 aliphatic carbocycles. The Balaban J connectivity index is 1.42. The molecule has 0 saturated carbocycles. The molecule has 220 valence electrons. The predicted octanol–water partition coefficient (Wildman–Crippen LogP) is 1.52. The van der Waals surface area contributed by atoms with Crippen molar-refractivity contribution in [3.05, 3.63) is 52.7 Å². The molecule has 0 radical (unpaired) electrons. The number of ether oxygens (including phenoxy) is 6. The van der Waals surface area contributed by atoms with Crippen LogP contribution in [-0.2, 0) is 28.7 Å². The van der Waals surface area contributed by atoms with E-state index in [0.717, 1.165) is 4.90 Å². The highest BCUT2D eigenvalue weighted by molar-refractivity contribution is 6.15. The van der Waals surface area contributed by atoms with Crippen LogP contribution >= 0.6 is 0 Å². The van der Waals surface area contributed by atoms with Gasteiger partial charge in [-0.3, -0.25) is 24.1 Å². The van der Waals surface area contributed by atoms with Gasteiger partial charge in [-0.1, -0.05) is 0 Å². The number of phenols is 1. The lowest BCUT2D eigenvalue weighted by atomic mass is 9.65. The van der Waals surface area contributed by atoms with Gasteiger partial charge in [0.1, 0.15) is 12.3 Å². The summed E-state index contributed by atoms with van der Waals surface area (Å²) >= 11 is 0. The van der Waals surface area contributed by atoms with Gasteiger partial charge in [0, 0.05) is 24.8 Å². The van der Waals surface area contributed by atoms with E-state index in [1.807, 2.05) is 0 Å². The van der Waals surface area contributed by atoms with Gasteiger partial charge in [-0.15, -0.1) is 0 Å². The van der Waals surface area contributed by atoms with Crippen LogP contribution in [0.3, 0.4) is 0 Å². The van der Waals surface area contributed by atoms with E-state index in [1.165, 1.54) is 27.2 Å². The number of hydrogen-bond donors (Lipinski definition) is 2. The van der Waals surface area contributed by atoms with Gasteiger partial charge in [-0.25, -0.2) is 0 Å². The van der Waals surface area contributed by atoms with Crippen LogP contribution in [0.5, 0.6) is 28.7 Å². The predicted molar refractivity (Wildman–Crippen MR) is 141 cm³/mol. The summed E-state index contributed by atoms with van der Waals surface area (Å²) in [6, 6.07) is 6.27. The van der Waals surface area contributed by atoms with Crippen LogP contribution in [-0.4, -0.2) is 74.5 Å². The number of esters is 2. The van der Waals surface area contributed by atoms with Gasteiger partial charge in [0.2, 0.25) is 12.5 Å². The van der Waals surface area contributed by atoms with Gasteiger partial charge >= 0.3 is 11.9 Å². The zero-order valence-corrected chi connectivity index (χ0v) is 23.0. The molecule has 13 nitrogen and oxygen atoms in total. The first-order valence-electron chi connectivity index (χ1n) is 13.2. The van der Waals surface area contributed by atoms with Crippen molar-refractivity contribution < 1.29 is 52.7 Å². The lowest BCUT2D eigenvalue weighted by Crippen LogP contribution is -2.42. The Kier molecular flexibility index (Phi) is 6.79. The second-order valence-corrected chi connectivity index (χ2v) is 10.2. The van der Waals surface area contributed by atoms with Crippen LogP contribution in [0, 0.1) is 11.8 Å². The van der Waals surface area contributed by atoms with Crippen molar-refractivity contribution in [2.24, 2.45) is 11.8 Å². The molecule has 4 atom stereocenters. The Morgan fingerprint density at radius 1 is 1.02 bits per heavy atom. The summed E-state index contributed by atoms with van der Waals surface area (Å²) in [7, 11) is 2.84. The summed E-state index contributed by atoms with van der Waals surface area (Å²) < 4.78 is 32.6. The molecule has 0 unspecified atom stereocenters. The first-order chi connectivity index (χ1) is 20.2. The number of benzene rings is 2. The van der Waals surface area contributed by atoms with Crippen molar-refractivity contribution in [3.63, 3.8) is 0 Å². The number of nitrogens with one attached hydrogen (secondary N) is 1. The SMILES string of the molecule is COc1cc([C@@H]2c3cc4c(cc3[C@@H](NC3=CC(=O)N(CCOC(C)=O)C3=O)[C@H]3COC(=O)[C@H]23)OCO4)cc(OC)c1O. The molecular formula is C29H28N2O11. The molecule has 0 aromatic heterocycles. The Bertz CT molecular complexity index is 1510. The van der Waals surface area contributed by atoms with E-state index in [-0.39, 0.29) is 49.5 Å². The Labute approximate surface area is 239 Å². The Morgan fingerprint density at radius 3 is 2.33 bits per heavy atom. The molecule has 0 spiro atoms. The highest BCUT2D eigenvalue weighted by atomic mass is 16.7. The number of imide groups is 1. The van der Waals surface area contributed by atoms with Crippen molar-refractivity contribution in [2.75, 3.05) is 40.8 Å². The molecule has 2 aromatic carbocycles. The smallest absolute Gasteiger partial charge is 0.310 e. The molecule has 6 rings (SSSR count). The molecule has 13 heteroatoms. The van der Waals surface area contributed by atoms with Gasteiger partial charge in [-0.05, 0) is 41.0 Å². The molecule has 2 N–H and O–H groups in total. The first-order valence-corrected chi connectivity index (χ1v) is 13.2. The molecule has 1 fully saturated rings. The number of carbonyl (C=O) groups is 4. The second kappa shape index (κ2) is 10.5. The van der Waals surface area contributed by atoms with E-state index >= 15 is 0 Å². The van der Waals surface area contributed by atoms with Crippen molar-refractivity contribution in [1.29, 1.82) is 0 Å². The van der Waals surface area contributed by atoms with Crippen LogP contribution in [0.1, 0.15) is 35.6 Å². The van der Waals surface area contributed by atoms with E-state index in [4.69, 9.17) is 28.4 Å². The van der Waals surface area contributed by atoms with E-state index in [2.05, 4.69) is 5.32 Å². The number of amides is 2. The van der Waals surface area contributed by atoms with Gasteiger partial charge in [-0.2, -0.15) is 0 Å². The molecule has 1 saturated heterocycles. The number of fused-ring (bicyclic) bond motifs is 3. The van der Waals surface area contributed by atoms with E-state index in [9.17, 15) is 24.3 Å². The molecule has 3 heterocycles. The maximum Gasteiger partial charge on any atom is 0.310 e. The minimum atomic E-state index is -0.706. The number of carbonyl (C=O) groups excluding carboxylic acids is 4. The standard InChI is InChI=1S/C29H28N2O11/c1-13(32)39-5-4-31-23(33)10-18(28(31)35)30-26-16-9-20-19(41-12-42-20)8-15(16)24(25-17(26)11-40-29(25)36)14-6-21(37-2)27(34)22(7-14)38-3/h6-10,17,24-26,30,34H,4-5,11-12H2,1-3H3/t17-,24+,25-,26+/m0/s1. The van der Waals surface area contributed by atoms with E-state index in [1.54, 1.807) is 24.3 Å². The third-order valence-corrected chi connectivity index (χ3v) is 7.99. The van der Waals surface area contributed by atoms with Crippen LogP contribution in [0.4, 0.5) is 0 Å². The highest BCUT2D eigenvalue weighted by Crippen LogP contribution is 2.55. The molecule has 2 amide bonds. The Hall–Kier alpha value is -4.94. The fraction of sp³-hybridized carbons (Fsp3) is 0.379. The van der Waals surface area contributed by atoms with Gasteiger partial charge in [0.15, 0.2) is 23.0 Å². The number of methoxy groups -OCH3 is 2. The van der Waals surface area contributed by atoms with Crippen molar-refractivity contribution in [3.8, 4) is 28.7 Å². The second-order valence-electron chi connectivity index (χ2n) is 10.2. The fourth-order valence-electron chi connectivity index (χ4n) is 6.11. The third kappa shape index (κ3) is 4.41. The number of nitrogens with zero attached hydrogens (tertiary/aromatic N) is 1. The normalized spacial score (nSPS) is 23.6. The number of cyclic esters (lactones) is 1. The minimum absolute atomic E-state index is 0.0200. The van der Waals surface area contributed by atoms with Crippen LogP contribution in [0.2, 0.25) is 0 Å².